The lowest BCUT2D eigenvalue weighted by Gasteiger charge is -2.12. The predicted octanol–water partition coefficient (Wildman–Crippen LogP) is 4.35. The first-order valence-electron chi connectivity index (χ1n) is 5.16. The molecule has 0 fully saturated rings. The molecule has 0 saturated carbocycles. The zero-order valence-corrected chi connectivity index (χ0v) is 11.9. The van der Waals surface area contributed by atoms with Crippen molar-refractivity contribution in [3.63, 3.8) is 0 Å². The summed E-state index contributed by atoms with van der Waals surface area (Å²) < 4.78 is 26.6. The summed E-state index contributed by atoms with van der Waals surface area (Å²) >= 11 is 17.5. The Kier molecular flexibility index (Phi) is 4.49. The van der Waals surface area contributed by atoms with Crippen molar-refractivity contribution in [2.75, 3.05) is 10.7 Å². The monoisotopic (exact) mass is 338 g/mol. The lowest BCUT2D eigenvalue weighted by atomic mass is 10.3. The smallest absolute Gasteiger partial charge is 0.161 e. The van der Waals surface area contributed by atoms with E-state index >= 15 is 0 Å². The molecule has 106 valence electrons. The highest BCUT2D eigenvalue weighted by Gasteiger charge is 2.14. The maximum atomic E-state index is 13.7. The van der Waals surface area contributed by atoms with E-state index in [0.29, 0.717) is 6.07 Å². The second-order valence-corrected chi connectivity index (χ2v) is 4.88. The Morgan fingerprint density at radius 3 is 2.20 bits per heavy atom. The molecular formula is C11H7Cl3F2N4. The van der Waals surface area contributed by atoms with Gasteiger partial charge in [0.25, 0.3) is 0 Å². The van der Waals surface area contributed by atoms with Gasteiger partial charge in [0, 0.05) is 6.07 Å². The predicted molar refractivity (Wildman–Crippen MR) is 76.7 cm³/mol. The third-order valence-corrected chi connectivity index (χ3v) is 3.19. The molecule has 0 bridgehead atoms. The second kappa shape index (κ2) is 5.97. The SMILES string of the molecule is NNc1nc(Nc2c(F)cc(F)cc2Cl)c(Cl)cc1Cl. The fourth-order valence-corrected chi connectivity index (χ4v) is 2.14. The minimum absolute atomic E-state index is 0.0661. The number of rotatable bonds is 3. The van der Waals surface area contributed by atoms with E-state index in [9.17, 15) is 8.78 Å². The molecule has 1 aromatic heterocycles. The van der Waals surface area contributed by atoms with Crippen molar-refractivity contribution in [1.29, 1.82) is 0 Å². The van der Waals surface area contributed by atoms with Crippen molar-refractivity contribution < 1.29 is 8.78 Å². The molecule has 1 aromatic carbocycles. The van der Waals surface area contributed by atoms with E-state index in [1.807, 2.05) is 0 Å². The lowest BCUT2D eigenvalue weighted by Crippen LogP contribution is -2.10. The van der Waals surface area contributed by atoms with Crippen molar-refractivity contribution in [3.8, 4) is 0 Å². The summed E-state index contributed by atoms with van der Waals surface area (Å²) in [4.78, 5) is 3.96. The van der Waals surface area contributed by atoms with E-state index in [0.717, 1.165) is 6.07 Å². The number of hydrogen-bond donors (Lipinski definition) is 3. The van der Waals surface area contributed by atoms with E-state index in [1.54, 1.807) is 0 Å². The van der Waals surface area contributed by atoms with Crippen LogP contribution in [0.15, 0.2) is 18.2 Å². The average Bonchev–Trinajstić information content (AvgIpc) is 2.35. The van der Waals surface area contributed by atoms with Gasteiger partial charge in [-0.05, 0) is 12.1 Å². The zero-order valence-electron chi connectivity index (χ0n) is 9.65. The molecule has 20 heavy (non-hydrogen) atoms. The van der Waals surface area contributed by atoms with Crippen molar-refractivity contribution in [3.05, 3.63) is 44.9 Å². The minimum Gasteiger partial charge on any atom is -0.335 e. The van der Waals surface area contributed by atoms with Gasteiger partial charge >= 0.3 is 0 Å². The molecule has 0 aliphatic rings. The van der Waals surface area contributed by atoms with Crippen LogP contribution in [0, 0.1) is 11.6 Å². The molecule has 0 radical (unpaired) electrons. The van der Waals surface area contributed by atoms with E-state index in [2.05, 4.69) is 15.7 Å². The fourth-order valence-electron chi connectivity index (χ4n) is 1.44. The van der Waals surface area contributed by atoms with Crippen LogP contribution in [-0.4, -0.2) is 4.98 Å². The molecular weight excluding hydrogens is 333 g/mol. The summed E-state index contributed by atoms with van der Waals surface area (Å²) in [7, 11) is 0. The third-order valence-electron chi connectivity index (χ3n) is 2.32. The van der Waals surface area contributed by atoms with Crippen LogP contribution < -0.4 is 16.6 Å². The number of anilines is 3. The standard InChI is InChI=1S/C11H7Cl3F2N4/c12-5-1-4(15)2-8(16)9(5)18-10-6(13)3-7(14)11(19-10)20-17/h1-3H,17H2,(H2,18,19,20). The Hall–Kier alpha value is -1.34. The van der Waals surface area contributed by atoms with Crippen molar-refractivity contribution in [2.24, 2.45) is 5.84 Å². The van der Waals surface area contributed by atoms with Crippen LogP contribution in [0.1, 0.15) is 0 Å². The summed E-state index contributed by atoms with van der Waals surface area (Å²) in [5.41, 5.74) is 2.10. The maximum absolute atomic E-state index is 13.7. The summed E-state index contributed by atoms with van der Waals surface area (Å²) in [6, 6.07) is 3.00. The number of nitrogens with zero attached hydrogens (tertiary/aromatic N) is 1. The first kappa shape index (κ1) is 15.1. The number of aromatic nitrogens is 1. The molecule has 2 aromatic rings. The molecule has 0 unspecified atom stereocenters. The Balaban J connectivity index is 2.45. The zero-order chi connectivity index (χ0) is 14.9. The first-order chi connectivity index (χ1) is 9.42. The number of nitrogens with one attached hydrogen (secondary N) is 2. The number of nitrogen functional groups attached to an aromatic ring is 1. The minimum atomic E-state index is -0.884. The number of benzene rings is 1. The van der Waals surface area contributed by atoms with Crippen LogP contribution in [0.25, 0.3) is 0 Å². The van der Waals surface area contributed by atoms with Crippen LogP contribution >= 0.6 is 34.8 Å². The topological polar surface area (TPSA) is 63.0 Å². The number of halogens is 5. The van der Waals surface area contributed by atoms with Gasteiger partial charge in [-0.1, -0.05) is 34.8 Å². The number of pyridine rings is 1. The van der Waals surface area contributed by atoms with Gasteiger partial charge in [0.15, 0.2) is 17.5 Å². The quantitative estimate of drug-likeness (QED) is 0.575. The van der Waals surface area contributed by atoms with Crippen LogP contribution in [-0.2, 0) is 0 Å². The van der Waals surface area contributed by atoms with Crippen molar-refractivity contribution >= 4 is 52.1 Å². The molecule has 0 amide bonds. The Labute approximate surface area is 127 Å². The van der Waals surface area contributed by atoms with E-state index < -0.39 is 11.6 Å². The van der Waals surface area contributed by atoms with E-state index in [4.69, 9.17) is 40.6 Å². The molecule has 0 atom stereocenters. The van der Waals surface area contributed by atoms with Crippen LogP contribution in [0.5, 0.6) is 0 Å². The van der Waals surface area contributed by atoms with Gasteiger partial charge in [-0.2, -0.15) is 0 Å². The molecule has 9 heteroatoms. The number of hydrogen-bond acceptors (Lipinski definition) is 4. The molecule has 1 heterocycles. The highest BCUT2D eigenvalue weighted by molar-refractivity contribution is 6.37. The molecule has 4 nitrogen and oxygen atoms in total. The van der Waals surface area contributed by atoms with Gasteiger partial charge in [0.2, 0.25) is 0 Å². The summed E-state index contributed by atoms with van der Waals surface area (Å²) in [6.07, 6.45) is 0. The van der Waals surface area contributed by atoms with Gasteiger partial charge in [0.1, 0.15) is 5.82 Å². The maximum Gasteiger partial charge on any atom is 0.161 e. The largest absolute Gasteiger partial charge is 0.335 e. The van der Waals surface area contributed by atoms with Gasteiger partial charge in [-0.25, -0.2) is 19.6 Å². The molecule has 2 rings (SSSR count). The van der Waals surface area contributed by atoms with E-state index in [-0.39, 0.29) is 32.4 Å². The number of nitrogens with two attached hydrogens (primary N) is 1. The normalized spacial score (nSPS) is 10.5. The van der Waals surface area contributed by atoms with Gasteiger partial charge in [0.05, 0.1) is 20.8 Å². The van der Waals surface area contributed by atoms with E-state index in [1.165, 1.54) is 6.07 Å². The summed E-state index contributed by atoms with van der Waals surface area (Å²) in [5.74, 6) is 3.75. The van der Waals surface area contributed by atoms with Crippen LogP contribution in [0.4, 0.5) is 26.1 Å². The second-order valence-electron chi connectivity index (χ2n) is 3.66. The summed E-state index contributed by atoms with van der Waals surface area (Å²) in [5, 5.41) is 2.72. The molecule has 0 spiro atoms. The van der Waals surface area contributed by atoms with Crippen LogP contribution in [0.3, 0.4) is 0 Å². The fraction of sp³-hybridized carbons (Fsp3) is 0. The first-order valence-corrected chi connectivity index (χ1v) is 6.30. The molecule has 0 saturated heterocycles. The van der Waals surface area contributed by atoms with Gasteiger partial charge in [-0.3, -0.25) is 0 Å². The summed E-state index contributed by atoms with van der Waals surface area (Å²) in [6.45, 7) is 0. The Morgan fingerprint density at radius 1 is 0.950 bits per heavy atom. The third kappa shape index (κ3) is 3.04. The Bertz CT molecular complexity index is 643. The average molecular weight is 340 g/mol. The Morgan fingerprint density at radius 2 is 1.60 bits per heavy atom. The van der Waals surface area contributed by atoms with Gasteiger partial charge < -0.3 is 10.7 Å². The van der Waals surface area contributed by atoms with Crippen molar-refractivity contribution in [1.82, 2.24) is 4.98 Å². The highest BCUT2D eigenvalue weighted by Crippen LogP contribution is 2.34. The lowest BCUT2D eigenvalue weighted by molar-refractivity contribution is 0.586. The number of hydrazine groups is 1. The molecule has 0 aliphatic carbocycles. The molecule has 0 aliphatic heterocycles. The molecule has 4 N–H and O–H groups in total. The van der Waals surface area contributed by atoms with Crippen molar-refractivity contribution in [2.45, 2.75) is 0 Å². The van der Waals surface area contributed by atoms with Gasteiger partial charge in [-0.15, -0.1) is 0 Å². The highest BCUT2D eigenvalue weighted by atomic mass is 35.5. The van der Waals surface area contributed by atoms with Crippen LogP contribution in [0.2, 0.25) is 15.1 Å².